The Bertz CT molecular complexity index is 139. The Labute approximate surface area is 73.7 Å². The molecule has 0 heterocycles. The molecule has 72 valence electrons. The summed E-state index contributed by atoms with van der Waals surface area (Å²) in [4.78, 5) is 11.2. The molecular weight excluding hydrogens is 156 g/mol. The number of methoxy groups -OCH3 is 1. The molecule has 2 atom stereocenters. The van der Waals surface area contributed by atoms with Crippen LogP contribution in [0.1, 0.15) is 13.8 Å². The molecule has 0 aromatic heterocycles. The molecule has 0 aliphatic carbocycles. The standard InChI is InChI=1S/C8H18N2O2/c1-6(12-4)5-10-8(11)7(2)9-3/h6-7,9H,5H2,1-4H3,(H,10,11). The molecule has 0 aromatic carbocycles. The zero-order valence-electron chi connectivity index (χ0n) is 8.18. The first-order valence-corrected chi connectivity index (χ1v) is 4.09. The first-order chi connectivity index (χ1) is 5.61. The molecule has 0 aliphatic heterocycles. The topological polar surface area (TPSA) is 50.4 Å². The van der Waals surface area contributed by atoms with Gasteiger partial charge in [0.2, 0.25) is 5.91 Å². The van der Waals surface area contributed by atoms with Crippen LogP contribution in [0, 0.1) is 0 Å². The highest BCUT2D eigenvalue weighted by Crippen LogP contribution is 1.85. The normalized spacial score (nSPS) is 15.3. The van der Waals surface area contributed by atoms with Gasteiger partial charge < -0.3 is 15.4 Å². The van der Waals surface area contributed by atoms with E-state index in [1.54, 1.807) is 14.2 Å². The van der Waals surface area contributed by atoms with Gasteiger partial charge in [0.15, 0.2) is 0 Å². The quantitative estimate of drug-likeness (QED) is 0.604. The molecule has 4 nitrogen and oxygen atoms in total. The molecule has 1 amide bonds. The van der Waals surface area contributed by atoms with Gasteiger partial charge in [0.05, 0.1) is 12.1 Å². The summed E-state index contributed by atoms with van der Waals surface area (Å²) in [7, 11) is 3.38. The van der Waals surface area contributed by atoms with E-state index in [-0.39, 0.29) is 18.1 Å². The molecule has 0 fully saturated rings. The first kappa shape index (κ1) is 11.4. The highest BCUT2D eigenvalue weighted by Gasteiger charge is 2.10. The third kappa shape index (κ3) is 4.31. The predicted molar refractivity (Wildman–Crippen MR) is 48.0 cm³/mol. The second kappa shape index (κ2) is 5.97. The van der Waals surface area contributed by atoms with E-state index in [0.717, 1.165) is 0 Å². The SMILES string of the molecule is CNC(C)C(=O)NCC(C)OC. The minimum atomic E-state index is -0.144. The van der Waals surface area contributed by atoms with Crippen LogP contribution in [-0.2, 0) is 9.53 Å². The molecule has 2 N–H and O–H groups in total. The van der Waals surface area contributed by atoms with Crippen molar-refractivity contribution in [3.05, 3.63) is 0 Å². The Morgan fingerprint density at radius 2 is 2.08 bits per heavy atom. The van der Waals surface area contributed by atoms with E-state index >= 15 is 0 Å². The van der Waals surface area contributed by atoms with Crippen LogP contribution in [0.5, 0.6) is 0 Å². The van der Waals surface area contributed by atoms with Gasteiger partial charge in [0.1, 0.15) is 0 Å². The zero-order valence-corrected chi connectivity index (χ0v) is 8.18. The Morgan fingerprint density at radius 1 is 1.50 bits per heavy atom. The van der Waals surface area contributed by atoms with Gasteiger partial charge in [-0.3, -0.25) is 4.79 Å². The summed E-state index contributed by atoms with van der Waals surface area (Å²) in [6.45, 7) is 4.28. The molecule has 0 bridgehead atoms. The second-order valence-electron chi connectivity index (χ2n) is 2.80. The van der Waals surface area contributed by atoms with Crippen LogP contribution in [0.15, 0.2) is 0 Å². The Hall–Kier alpha value is -0.610. The van der Waals surface area contributed by atoms with Crippen LogP contribution in [0.3, 0.4) is 0 Å². The molecule has 4 heteroatoms. The van der Waals surface area contributed by atoms with Crippen LogP contribution in [0.25, 0.3) is 0 Å². The van der Waals surface area contributed by atoms with E-state index < -0.39 is 0 Å². The van der Waals surface area contributed by atoms with Crippen LogP contribution in [0.2, 0.25) is 0 Å². The summed E-state index contributed by atoms with van der Waals surface area (Å²) in [6, 6.07) is -0.144. The van der Waals surface area contributed by atoms with Gasteiger partial charge >= 0.3 is 0 Å². The lowest BCUT2D eigenvalue weighted by Crippen LogP contribution is -2.43. The fourth-order valence-electron chi connectivity index (χ4n) is 0.612. The van der Waals surface area contributed by atoms with Crippen LogP contribution < -0.4 is 10.6 Å². The zero-order chi connectivity index (χ0) is 9.56. The van der Waals surface area contributed by atoms with Gasteiger partial charge in [0.25, 0.3) is 0 Å². The van der Waals surface area contributed by atoms with E-state index in [0.29, 0.717) is 6.54 Å². The number of ether oxygens (including phenoxy) is 1. The van der Waals surface area contributed by atoms with Gasteiger partial charge in [-0.2, -0.15) is 0 Å². The fourth-order valence-corrected chi connectivity index (χ4v) is 0.612. The second-order valence-corrected chi connectivity index (χ2v) is 2.80. The molecule has 12 heavy (non-hydrogen) atoms. The number of hydrogen-bond donors (Lipinski definition) is 2. The van der Waals surface area contributed by atoms with E-state index in [1.807, 2.05) is 13.8 Å². The summed E-state index contributed by atoms with van der Waals surface area (Å²) in [5, 5.41) is 5.61. The van der Waals surface area contributed by atoms with E-state index in [1.165, 1.54) is 0 Å². The summed E-state index contributed by atoms with van der Waals surface area (Å²) in [6.07, 6.45) is 0.0676. The predicted octanol–water partition coefficient (Wildman–Crippen LogP) is -0.255. The third-order valence-electron chi connectivity index (χ3n) is 1.79. The lowest BCUT2D eigenvalue weighted by Gasteiger charge is -2.13. The fraction of sp³-hybridized carbons (Fsp3) is 0.875. The number of hydrogen-bond acceptors (Lipinski definition) is 3. The number of rotatable bonds is 5. The maximum Gasteiger partial charge on any atom is 0.236 e. The summed E-state index contributed by atoms with van der Waals surface area (Å²) < 4.78 is 4.98. The number of amides is 1. The van der Waals surface area contributed by atoms with Crippen molar-refractivity contribution >= 4 is 5.91 Å². The van der Waals surface area contributed by atoms with Crippen molar-refractivity contribution in [3.63, 3.8) is 0 Å². The molecule has 0 aliphatic rings. The van der Waals surface area contributed by atoms with Crippen molar-refractivity contribution < 1.29 is 9.53 Å². The first-order valence-electron chi connectivity index (χ1n) is 4.09. The average Bonchev–Trinajstić information content (AvgIpc) is 2.11. The molecule has 0 radical (unpaired) electrons. The van der Waals surface area contributed by atoms with Gasteiger partial charge in [-0.15, -0.1) is 0 Å². The molecule has 0 aromatic rings. The number of carbonyl (C=O) groups excluding carboxylic acids is 1. The summed E-state index contributed by atoms with van der Waals surface area (Å²) in [5.41, 5.74) is 0. The van der Waals surface area contributed by atoms with Crippen LogP contribution >= 0.6 is 0 Å². The monoisotopic (exact) mass is 174 g/mol. The minimum Gasteiger partial charge on any atom is -0.380 e. The molecule has 0 saturated heterocycles. The van der Waals surface area contributed by atoms with Crippen molar-refractivity contribution in [1.82, 2.24) is 10.6 Å². The summed E-state index contributed by atoms with van der Waals surface area (Å²) >= 11 is 0. The largest absolute Gasteiger partial charge is 0.380 e. The Kier molecular flexibility index (Phi) is 5.66. The molecule has 0 saturated carbocycles. The van der Waals surface area contributed by atoms with E-state index in [2.05, 4.69) is 10.6 Å². The van der Waals surface area contributed by atoms with Gasteiger partial charge in [-0.1, -0.05) is 0 Å². The number of likely N-dealkylation sites (N-methyl/N-ethyl adjacent to an activating group) is 1. The highest BCUT2D eigenvalue weighted by molar-refractivity contribution is 5.81. The van der Waals surface area contributed by atoms with Crippen molar-refractivity contribution in [2.75, 3.05) is 20.7 Å². The molecule has 0 rings (SSSR count). The van der Waals surface area contributed by atoms with E-state index in [4.69, 9.17) is 4.74 Å². The van der Waals surface area contributed by atoms with Gasteiger partial charge in [-0.05, 0) is 20.9 Å². The Morgan fingerprint density at radius 3 is 2.50 bits per heavy atom. The third-order valence-corrected chi connectivity index (χ3v) is 1.79. The van der Waals surface area contributed by atoms with Crippen molar-refractivity contribution in [3.8, 4) is 0 Å². The van der Waals surface area contributed by atoms with Crippen molar-refractivity contribution in [1.29, 1.82) is 0 Å². The summed E-state index contributed by atoms with van der Waals surface area (Å²) in [5.74, 6) is 0.00130. The lowest BCUT2D eigenvalue weighted by molar-refractivity contribution is -0.123. The van der Waals surface area contributed by atoms with Crippen LogP contribution in [0.4, 0.5) is 0 Å². The number of nitrogens with one attached hydrogen (secondary N) is 2. The van der Waals surface area contributed by atoms with Gasteiger partial charge in [-0.25, -0.2) is 0 Å². The molecular formula is C8H18N2O2. The maximum atomic E-state index is 11.2. The maximum absolute atomic E-state index is 11.2. The minimum absolute atomic E-state index is 0.00130. The van der Waals surface area contributed by atoms with Crippen molar-refractivity contribution in [2.45, 2.75) is 26.0 Å². The average molecular weight is 174 g/mol. The Balaban J connectivity index is 3.56. The van der Waals surface area contributed by atoms with E-state index in [9.17, 15) is 4.79 Å². The molecule has 0 spiro atoms. The number of carbonyl (C=O) groups is 1. The smallest absolute Gasteiger partial charge is 0.236 e. The lowest BCUT2D eigenvalue weighted by atomic mass is 10.3. The van der Waals surface area contributed by atoms with Gasteiger partial charge in [0, 0.05) is 13.7 Å². The molecule has 2 unspecified atom stereocenters. The van der Waals surface area contributed by atoms with Crippen LogP contribution in [-0.4, -0.2) is 38.8 Å². The highest BCUT2D eigenvalue weighted by atomic mass is 16.5. The van der Waals surface area contributed by atoms with Crippen molar-refractivity contribution in [2.24, 2.45) is 0 Å².